The van der Waals surface area contributed by atoms with E-state index in [0.29, 0.717) is 4.88 Å². The number of carbonyl (C=O) groups is 1. The zero-order valence-electron chi connectivity index (χ0n) is 11.6. The van der Waals surface area contributed by atoms with E-state index >= 15 is 0 Å². The van der Waals surface area contributed by atoms with Crippen molar-refractivity contribution in [3.05, 3.63) is 52.2 Å². The van der Waals surface area contributed by atoms with Gasteiger partial charge in [-0.1, -0.05) is 12.1 Å². The first kappa shape index (κ1) is 16.2. The van der Waals surface area contributed by atoms with Gasteiger partial charge in [0.05, 0.1) is 22.7 Å². The Kier molecular flexibility index (Phi) is 4.97. The largest absolute Gasteiger partial charge is 0.461 e. The standard InChI is InChI=1S/C15H12F3NO2S/c1-2-21-14(20)13(12-7-4-8-22-12)19-11-6-3-5-10(9-11)15(16,17)18/h3-9H,2H2,1H3. The fraction of sp³-hybridized carbons (Fsp3) is 0.200. The number of hydrogen-bond donors (Lipinski definition) is 0. The van der Waals surface area contributed by atoms with Gasteiger partial charge in [0.15, 0.2) is 5.71 Å². The predicted molar refractivity (Wildman–Crippen MR) is 78.6 cm³/mol. The third-order valence-electron chi connectivity index (χ3n) is 2.64. The SMILES string of the molecule is CCOC(=O)C(=Nc1cccc(C(F)(F)F)c1)c1cccs1. The van der Waals surface area contributed by atoms with E-state index in [4.69, 9.17) is 4.74 Å². The molecule has 116 valence electrons. The molecule has 0 aliphatic heterocycles. The molecule has 7 heteroatoms. The summed E-state index contributed by atoms with van der Waals surface area (Å²) >= 11 is 1.26. The van der Waals surface area contributed by atoms with Gasteiger partial charge in [-0.05, 0) is 36.6 Å². The molecule has 0 unspecified atom stereocenters. The van der Waals surface area contributed by atoms with E-state index in [9.17, 15) is 18.0 Å². The number of benzene rings is 1. The van der Waals surface area contributed by atoms with Crippen molar-refractivity contribution in [2.24, 2.45) is 4.99 Å². The molecule has 1 heterocycles. The minimum atomic E-state index is -4.46. The van der Waals surface area contributed by atoms with Gasteiger partial charge >= 0.3 is 12.1 Å². The average Bonchev–Trinajstić information content (AvgIpc) is 2.98. The van der Waals surface area contributed by atoms with Crippen molar-refractivity contribution < 1.29 is 22.7 Å². The Bertz CT molecular complexity index is 678. The summed E-state index contributed by atoms with van der Waals surface area (Å²) in [4.78, 5) is 16.5. The normalized spacial score (nSPS) is 12.3. The Labute approximate surface area is 129 Å². The third kappa shape index (κ3) is 3.94. The molecular weight excluding hydrogens is 315 g/mol. The molecule has 0 radical (unpaired) electrons. The van der Waals surface area contributed by atoms with E-state index in [0.717, 1.165) is 12.1 Å². The lowest BCUT2D eigenvalue weighted by atomic mass is 10.2. The molecule has 1 aromatic carbocycles. The molecule has 0 saturated carbocycles. The summed E-state index contributed by atoms with van der Waals surface area (Å²) in [6.07, 6.45) is -4.46. The summed E-state index contributed by atoms with van der Waals surface area (Å²) in [6, 6.07) is 7.89. The highest BCUT2D eigenvalue weighted by Crippen LogP contribution is 2.31. The molecule has 0 spiro atoms. The summed E-state index contributed by atoms with van der Waals surface area (Å²) in [5.41, 5.74) is -0.773. The van der Waals surface area contributed by atoms with Crippen LogP contribution in [0.2, 0.25) is 0 Å². The fourth-order valence-corrected chi connectivity index (χ4v) is 2.40. The minimum absolute atomic E-state index is 0.00354. The Morgan fingerprint density at radius 2 is 2.05 bits per heavy atom. The number of rotatable bonds is 4. The molecule has 1 aromatic heterocycles. The predicted octanol–water partition coefficient (Wildman–Crippen LogP) is 4.45. The van der Waals surface area contributed by atoms with Gasteiger partial charge in [0.25, 0.3) is 0 Å². The minimum Gasteiger partial charge on any atom is -0.461 e. The maximum atomic E-state index is 12.7. The van der Waals surface area contributed by atoms with Crippen LogP contribution in [0.1, 0.15) is 17.4 Å². The summed E-state index contributed by atoms with van der Waals surface area (Å²) in [6.45, 7) is 1.81. The lowest BCUT2D eigenvalue weighted by Crippen LogP contribution is -2.17. The van der Waals surface area contributed by atoms with Crippen LogP contribution in [0.25, 0.3) is 0 Å². The van der Waals surface area contributed by atoms with Crippen LogP contribution < -0.4 is 0 Å². The number of thiophene rings is 1. The van der Waals surface area contributed by atoms with Gasteiger partial charge < -0.3 is 4.74 Å². The topological polar surface area (TPSA) is 38.7 Å². The Hall–Kier alpha value is -2.15. The lowest BCUT2D eigenvalue weighted by molar-refractivity contribution is -0.137. The van der Waals surface area contributed by atoms with E-state index < -0.39 is 17.7 Å². The maximum absolute atomic E-state index is 12.7. The molecule has 0 bridgehead atoms. The van der Waals surface area contributed by atoms with Crippen molar-refractivity contribution in [2.75, 3.05) is 6.61 Å². The highest BCUT2D eigenvalue weighted by atomic mass is 32.1. The number of nitrogens with zero attached hydrogens (tertiary/aromatic N) is 1. The third-order valence-corrected chi connectivity index (χ3v) is 3.51. The van der Waals surface area contributed by atoms with Gasteiger partial charge in [0.2, 0.25) is 0 Å². The molecule has 0 saturated heterocycles. The van der Waals surface area contributed by atoms with E-state index in [1.165, 1.54) is 23.5 Å². The summed E-state index contributed by atoms with van der Waals surface area (Å²) in [5.74, 6) is -0.664. The van der Waals surface area contributed by atoms with Crippen LogP contribution in [0, 0.1) is 0 Å². The average molecular weight is 327 g/mol. The molecule has 0 amide bonds. The van der Waals surface area contributed by atoms with Crippen LogP contribution in [0.3, 0.4) is 0 Å². The van der Waals surface area contributed by atoms with Crippen molar-refractivity contribution >= 4 is 28.7 Å². The zero-order valence-corrected chi connectivity index (χ0v) is 12.4. The summed E-state index contributed by atoms with van der Waals surface area (Å²) < 4.78 is 43.1. The van der Waals surface area contributed by atoms with Gasteiger partial charge in [-0.25, -0.2) is 9.79 Å². The number of alkyl halides is 3. The molecule has 3 nitrogen and oxygen atoms in total. The molecule has 2 aromatic rings. The number of halogens is 3. The second kappa shape index (κ2) is 6.74. The highest BCUT2D eigenvalue weighted by Gasteiger charge is 2.30. The summed E-state index contributed by atoms with van der Waals surface area (Å²) in [5, 5.41) is 1.75. The first-order chi connectivity index (χ1) is 10.4. The molecule has 22 heavy (non-hydrogen) atoms. The zero-order chi connectivity index (χ0) is 16.2. The van der Waals surface area contributed by atoms with Crippen LogP contribution in [0.5, 0.6) is 0 Å². The van der Waals surface area contributed by atoms with Crippen molar-refractivity contribution in [1.29, 1.82) is 0 Å². The molecule has 2 rings (SSSR count). The Balaban J connectivity index is 2.44. The van der Waals surface area contributed by atoms with Gasteiger partial charge in [-0.2, -0.15) is 13.2 Å². The van der Waals surface area contributed by atoms with Crippen molar-refractivity contribution in [1.82, 2.24) is 0 Å². The van der Waals surface area contributed by atoms with Crippen LogP contribution in [-0.4, -0.2) is 18.3 Å². The molecule has 0 N–H and O–H groups in total. The van der Waals surface area contributed by atoms with Crippen LogP contribution in [0.4, 0.5) is 18.9 Å². The van der Waals surface area contributed by atoms with Gasteiger partial charge in [-0.15, -0.1) is 11.3 Å². The van der Waals surface area contributed by atoms with Gasteiger partial charge in [-0.3, -0.25) is 0 Å². The van der Waals surface area contributed by atoms with Gasteiger partial charge in [0, 0.05) is 0 Å². The lowest BCUT2D eigenvalue weighted by Gasteiger charge is -2.08. The number of ether oxygens (including phenoxy) is 1. The second-order valence-electron chi connectivity index (χ2n) is 4.21. The Morgan fingerprint density at radius 3 is 2.64 bits per heavy atom. The second-order valence-corrected chi connectivity index (χ2v) is 5.15. The first-order valence-electron chi connectivity index (χ1n) is 6.38. The number of aliphatic imine (C=N–C) groups is 1. The van der Waals surface area contributed by atoms with Crippen LogP contribution >= 0.6 is 11.3 Å². The van der Waals surface area contributed by atoms with Crippen molar-refractivity contribution in [3.8, 4) is 0 Å². The monoisotopic (exact) mass is 327 g/mol. The number of carbonyl (C=O) groups excluding carboxylic acids is 1. The molecule has 0 aliphatic carbocycles. The van der Waals surface area contributed by atoms with E-state index in [1.54, 1.807) is 24.4 Å². The number of esters is 1. The molecular formula is C15H12F3NO2S. The quantitative estimate of drug-likeness (QED) is 0.615. The maximum Gasteiger partial charge on any atom is 0.416 e. The molecule has 0 atom stereocenters. The van der Waals surface area contributed by atoms with Crippen LogP contribution in [0.15, 0.2) is 46.8 Å². The summed E-state index contributed by atoms with van der Waals surface area (Å²) in [7, 11) is 0. The van der Waals surface area contributed by atoms with E-state index in [1.807, 2.05) is 0 Å². The molecule has 0 aliphatic rings. The molecule has 0 fully saturated rings. The van der Waals surface area contributed by atoms with Crippen molar-refractivity contribution in [2.45, 2.75) is 13.1 Å². The first-order valence-corrected chi connectivity index (χ1v) is 7.26. The van der Waals surface area contributed by atoms with Gasteiger partial charge in [0.1, 0.15) is 0 Å². The van der Waals surface area contributed by atoms with E-state index in [2.05, 4.69) is 4.99 Å². The van der Waals surface area contributed by atoms with Crippen molar-refractivity contribution in [3.63, 3.8) is 0 Å². The number of hydrogen-bond acceptors (Lipinski definition) is 4. The Morgan fingerprint density at radius 1 is 1.27 bits per heavy atom. The smallest absolute Gasteiger partial charge is 0.416 e. The van der Waals surface area contributed by atoms with Crippen LogP contribution in [-0.2, 0) is 15.7 Å². The highest BCUT2D eigenvalue weighted by molar-refractivity contribution is 7.13. The van der Waals surface area contributed by atoms with E-state index in [-0.39, 0.29) is 18.0 Å². The fourth-order valence-electron chi connectivity index (χ4n) is 1.69.